The maximum atomic E-state index is 11.8. The standard InChI is InChI=1S/C15H22N2O3/c1-4-10-17-15(18)11(2)20-14-12(8-9-16)6-5-7-13(14)19-3/h4-7,11H,1,8-10,16H2,2-3H3,(H,17,18). The summed E-state index contributed by atoms with van der Waals surface area (Å²) in [5.41, 5.74) is 6.52. The Bertz CT molecular complexity index is 460. The molecule has 5 heteroatoms. The predicted octanol–water partition coefficient (Wildman–Crippen LogP) is 1.27. The molecule has 3 N–H and O–H groups in total. The molecule has 0 radical (unpaired) electrons. The Labute approximate surface area is 119 Å². The molecule has 110 valence electrons. The molecule has 0 aliphatic rings. The quantitative estimate of drug-likeness (QED) is 0.702. The number of benzene rings is 1. The monoisotopic (exact) mass is 278 g/mol. The number of carbonyl (C=O) groups excluding carboxylic acids is 1. The Kier molecular flexibility index (Phi) is 6.59. The van der Waals surface area contributed by atoms with E-state index in [-0.39, 0.29) is 5.91 Å². The molecular weight excluding hydrogens is 256 g/mol. The average molecular weight is 278 g/mol. The second kappa shape index (κ2) is 8.22. The van der Waals surface area contributed by atoms with Crippen molar-refractivity contribution < 1.29 is 14.3 Å². The highest BCUT2D eigenvalue weighted by molar-refractivity contribution is 5.81. The average Bonchev–Trinajstić information content (AvgIpc) is 2.46. The minimum absolute atomic E-state index is 0.200. The van der Waals surface area contributed by atoms with Crippen molar-refractivity contribution in [3.05, 3.63) is 36.4 Å². The topological polar surface area (TPSA) is 73.6 Å². The lowest BCUT2D eigenvalue weighted by Gasteiger charge is -2.19. The van der Waals surface area contributed by atoms with Gasteiger partial charge in [0, 0.05) is 6.54 Å². The minimum Gasteiger partial charge on any atom is -0.493 e. The second-order valence-corrected chi connectivity index (χ2v) is 4.28. The van der Waals surface area contributed by atoms with E-state index in [9.17, 15) is 4.79 Å². The van der Waals surface area contributed by atoms with Crippen LogP contribution in [0.25, 0.3) is 0 Å². The Morgan fingerprint density at radius 1 is 1.55 bits per heavy atom. The van der Waals surface area contributed by atoms with Crippen molar-refractivity contribution in [2.75, 3.05) is 20.2 Å². The molecule has 0 saturated heterocycles. The summed E-state index contributed by atoms with van der Waals surface area (Å²) in [6.07, 6.45) is 1.66. The van der Waals surface area contributed by atoms with Crippen molar-refractivity contribution in [2.24, 2.45) is 5.73 Å². The largest absolute Gasteiger partial charge is 0.493 e. The van der Waals surface area contributed by atoms with Crippen LogP contribution >= 0.6 is 0 Å². The number of nitrogens with one attached hydrogen (secondary N) is 1. The number of rotatable bonds is 8. The first-order valence-electron chi connectivity index (χ1n) is 6.55. The molecule has 0 heterocycles. The summed E-state index contributed by atoms with van der Waals surface area (Å²) in [5.74, 6) is 0.968. The summed E-state index contributed by atoms with van der Waals surface area (Å²) < 4.78 is 11.0. The molecule has 1 aromatic rings. The zero-order valence-corrected chi connectivity index (χ0v) is 12.0. The molecule has 1 rings (SSSR count). The SMILES string of the molecule is C=CCNC(=O)C(C)Oc1c(CCN)cccc1OC. The van der Waals surface area contributed by atoms with Gasteiger partial charge in [0.2, 0.25) is 0 Å². The molecule has 1 aromatic carbocycles. The van der Waals surface area contributed by atoms with Gasteiger partial charge < -0.3 is 20.5 Å². The van der Waals surface area contributed by atoms with Crippen LogP contribution in [0.4, 0.5) is 0 Å². The molecule has 0 aromatic heterocycles. The highest BCUT2D eigenvalue weighted by Crippen LogP contribution is 2.32. The first kappa shape index (κ1) is 16.0. The number of hydrogen-bond acceptors (Lipinski definition) is 4. The van der Waals surface area contributed by atoms with Gasteiger partial charge in [0.15, 0.2) is 17.6 Å². The summed E-state index contributed by atoms with van der Waals surface area (Å²) in [6.45, 7) is 6.16. The van der Waals surface area contributed by atoms with E-state index in [1.165, 1.54) is 0 Å². The summed E-state index contributed by atoms with van der Waals surface area (Å²) in [5, 5.41) is 2.69. The minimum atomic E-state index is -0.622. The lowest BCUT2D eigenvalue weighted by atomic mass is 10.1. The lowest BCUT2D eigenvalue weighted by molar-refractivity contribution is -0.127. The first-order valence-corrected chi connectivity index (χ1v) is 6.55. The van der Waals surface area contributed by atoms with E-state index in [4.69, 9.17) is 15.2 Å². The fourth-order valence-corrected chi connectivity index (χ4v) is 1.75. The summed E-state index contributed by atoms with van der Waals surface area (Å²) in [6, 6.07) is 5.59. The Morgan fingerprint density at radius 3 is 2.90 bits per heavy atom. The number of para-hydroxylation sites is 1. The zero-order chi connectivity index (χ0) is 15.0. The second-order valence-electron chi connectivity index (χ2n) is 4.28. The van der Waals surface area contributed by atoms with Crippen LogP contribution in [0.5, 0.6) is 11.5 Å². The highest BCUT2D eigenvalue weighted by atomic mass is 16.5. The van der Waals surface area contributed by atoms with E-state index in [0.29, 0.717) is 31.0 Å². The molecule has 5 nitrogen and oxygen atoms in total. The number of carbonyl (C=O) groups is 1. The molecule has 20 heavy (non-hydrogen) atoms. The van der Waals surface area contributed by atoms with Crippen LogP contribution in [0.15, 0.2) is 30.9 Å². The number of hydrogen-bond donors (Lipinski definition) is 2. The summed E-state index contributed by atoms with van der Waals surface area (Å²) in [4.78, 5) is 11.8. The van der Waals surface area contributed by atoms with Crippen LogP contribution in [0.1, 0.15) is 12.5 Å². The van der Waals surface area contributed by atoms with Crippen LogP contribution in [0.2, 0.25) is 0 Å². The molecule has 0 spiro atoms. The van der Waals surface area contributed by atoms with Crippen LogP contribution in [-0.2, 0) is 11.2 Å². The van der Waals surface area contributed by atoms with Crippen LogP contribution in [0, 0.1) is 0 Å². The van der Waals surface area contributed by atoms with Gasteiger partial charge in [0.05, 0.1) is 7.11 Å². The fraction of sp³-hybridized carbons (Fsp3) is 0.400. The highest BCUT2D eigenvalue weighted by Gasteiger charge is 2.18. The van der Waals surface area contributed by atoms with E-state index < -0.39 is 6.10 Å². The smallest absolute Gasteiger partial charge is 0.261 e. The lowest BCUT2D eigenvalue weighted by Crippen LogP contribution is -2.36. The summed E-state index contributed by atoms with van der Waals surface area (Å²) in [7, 11) is 1.57. The van der Waals surface area contributed by atoms with E-state index >= 15 is 0 Å². The first-order chi connectivity index (χ1) is 9.63. The number of methoxy groups -OCH3 is 1. The van der Waals surface area contributed by atoms with E-state index in [2.05, 4.69) is 11.9 Å². The molecule has 0 bridgehead atoms. The van der Waals surface area contributed by atoms with Crippen molar-refractivity contribution in [2.45, 2.75) is 19.4 Å². The van der Waals surface area contributed by atoms with Gasteiger partial charge in [-0.1, -0.05) is 18.2 Å². The van der Waals surface area contributed by atoms with E-state index in [1.807, 2.05) is 12.1 Å². The third-order valence-corrected chi connectivity index (χ3v) is 2.78. The van der Waals surface area contributed by atoms with E-state index in [0.717, 1.165) is 5.56 Å². The van der Waals surface area contributed by atoms with Gasteiger partial charge >= 0.3 is 0 Å². The maximum Gasteiger partial charge on any atom is 0.261 e. The maximum absolute atomic E-state index is 11.8. The third kappa shape index (κ3) is 4.28. The number of nitrogens with two attached hydrogens (primary N) is 1. The number of ether oxygens (including phenoxy) is 2. The molecule has 1 unspecified atom stereocenters. The van der Waals surface area contributed by atoms with Crippen molar-refractivity contribution in [1.29, 1.82) is 0 Å². The normalized spacial score (nSPS) is 11.6. The Balaban J connectivity index is 2.88. The Morgan fingerprint density at radius 2 is 2.30 bits per heavy atom. The zero-order valence-electron chi connectivity index (χ0n) is 12.0. The van der Waals surface area contributed by atoms with Crippen molar-refractivity contribution in [1.82, 2.24) is 5.32 Å². The third-order valence-electron chi connectivity index (χ3n) is 2.78. The molecular formula is C15H22N2O3. The van der Waals surface area contributed by atoms with Crippen molar-refractivity contribution >= 4 is 5.91 Å². The van der Waals surface area contributed by atoms with Crippen LogP contribution in [-0.4, -0.2) is 32.2 Å². The van der Waals surface area contributed by atoms with Gasteiger partial charge in [0.1, 0.15) is 0 Å². The van der Waals surface area contributed by atoms with Gasteiger partial charge in [-0.15, -0.1) is 6.58 Å². The molecule has 0 aliphatic carbocycles. The predicted molar refractivity (Wildman–Crippen MR) is 79.0 cm³/mol. The van der Waals surface area contributed by atoms with Crippen molar-refractivity contribution in [3.8, 4) is 11.5 Å². The van der Waals surface area contributed by atoms with Crippen LogP contribution < -0.4 is 20.5 Å². The molecule has 1 amide bonds. The van der Waals surface area contributed by atoms with Crippen molar-refractivity contribution in [3.63, 3.8) is 0 Å². The van der Waals surface area contributed by atoms with Crippen LogP contribution in [0.3, 0.4) is 0 Å². The van der Waals surface area contributed by atoms with Gasteiger partial charge in [-0.05, 0) is 31.5 Å². The van der Waals surface area contributed by atoms with Gasteiger partial charge in [-0.2, -0.15) is 0 Å². The fourth-order valence-electron chi connectivity index (χ4n) is 1.75. The number of amides is 1. The van der Waals surface area contributed by atoms with E-state index in [1.54, 1.807) is 26.2 Å². The summed E-state index contributed by atoms with van der Waals surface area (Å²) >= 11 is 0. The van der Waals surface area contributed by atoms with Gasteiger partial charge in [-0.3, -0.25) is 4.79 Å². The molecule has 0 aliphatic heterocycles. The molecule has 0 saturated carbocycles. The molecule has 1 atom stereocenters. The van der Waals surface area contributed by atoms with Gasteiger partial charge in [0.25, 0.3) is 5.91 Å². The van der Waals surface area contributed by atoms with Gasteiger partial charge in [-0.25, -0.2) is 0 Å². The Hall–Kier alpha value is -2.01. The molecule has 0 fully saturated rings.